The van der Waals surface area contributed by atoms with E-state index in [1.807, 2.05) is 18.2 Å². The highest BCUT2D eigenvalue weighted by atomic mass is 16.4. The summed E-state index contributed by atoms with van der Waals surface area (Å²) in [5, 5.41) is 10.2. The monoisotopic (exact) mass is 293 g/mol. The summed E-state index contributed by atoms with van der Waals surface area (Å²) in [7, 11) is 0. The molecule has 0 atom stereocenters. The lowest BCUT2D eigenvalue weighted by molar-refractivity contribution is -0.136. The largest absolute Gasteiger partial charge is 0.481 e. The Kier molecular flexibility index (Phi) is 3.96. The fraction of sp³-hybridized carbons (Fsp3) is 0.211. The predicted molar refractivity (Wildman–Crippen MR) is 89.1 cm³/mol. The fourth-order valence-corrected chi connectivity index (χ4v) is 2.86. The van der Waals surface area contributed by atoms with Crippen molar-refractivity contribution < 1.29 is 9.90 Å². The van der Waals surface area contributed by atoms with E-state index in [1.54, 1.807) is 0 Å². The standard InChI is InChI=1S/C19H19NO2/c1-2-13-8-10-17-16(12-13)15(9-11-18(21)22)19(20-17)14-6-4-3-5-7-14/h3-8,10,12,20H,2,9,11H2,1H3,(H,21,22). The molecule has 0 spiro atoms. The van der Waals surface area contributed by atoms with Crippen LogP contribution in [0.1, 0.15) is 24.5 Å². The molecule has 0 saturated carbocycles. The third-order valence-electron chi connectivity index (χ3n) is 4.03. The van der Waals surface area contributed by atoms with Crippen LogP contribution in [0.25, 0.3) is 22.2 Å². The van der Waals surface area contributed by atoms with Crippen LogP contribution in [0.2, 0.25) is 0 Å². The van der Waals surface area contributed by atoms with E-state index >= 15 is 0 Å². The zero-order valence-corrected chi connectivity index (χ0v) is 12.6. The van der Waals surface area contributed by atoms with E-state index in [1.165, 1.54) is 5.56 Å². The summed E-state index contributed by atoms with van der Waals surface area (Å²) >= 11 is 0. The Morgan fingerprint density at radius 3 is 2.59 bits per heavy atom. The Bertz CT molecular complexity index is 803. The van der Waals surface area contributed by atoms with Gasteiger partial charge in [-0.3, -0.25) is 4.79 Å². The maximum Gasteiger partial charge on any atom is 0.303 e. The molecular formula is C19H19NO2. The Morgan fingerprint density at radius 2 is 1.91 bits per heavy atom. The first-order valence-corrected chi connectivity index (χ1v) is 7.59. The van der Waals surface area contributed by atoms with Gasteiger partial charge in [-0.2, -0.15) is 0 Å². The van der Waals surface area contributed by atoms with E-state index in [9.17, 15) is 4.79 Å². The molecule has 1 aromatic heterocycles. The minimum atomic E-state index is -0.764. The Morgan fingerprint density at radius 1 is 1.14 bits per heavy atom. The number of carboxylic acid groups (broad SMARTS) is 1. The number of fused-ring (bicyclic) bond motifs is 1. The molecule has 1 heterocycles. The first-order chi connectivity index (χ1) is 10.7. The fourth-order valence-electron chi connectivity index (χ4n) is 2.86. The summed E-state index contributed by atoms with van der Waals surface area (Å²) in [4.78, 5) is 14.5. The van der Waals surface area contributed by atoms with Crippen molar-refractivity contribution in [2.24, 2.45) is 0 Å². The van der Waals surface area contributed by atoms with Crippen LogP contribution in [0.5, 0.6) is 0 Å². The van der Waals surface area contributed by atoms with Crippen molar-refractivity contribution in [1.82, 2.24) is 4.98 Å². The molecule has 3 heteroatoms. The second-order valence-corrected chi connectivity index (χ2v) is 5.47. The van der Waals surface area contributed by atoms with Crippen LogP contribution < -0.4 is 0 Å². The molecule has 3 nitrogen and oxygen atoms in total. The van der Waals surface area contributed by atoms with E-state index in [0.717, 1.165) is 34.1 Å². The summed E-state index contributed by atoms with van der Waals surface area (Å²) in [6, 6.07) is 16.5. The molecule has 0 aliphatic carbocycles. The minimum Gasteiger partial charge on any atom is -0.481 e. The quantitative estimate of drug-likeness (QED) is 0.732. The van der Waals surface area contributed by atoms with E-state index in [0.29, 0.717) is 6.42 Å². The highest BCUT2D eigenvalue weighted by Gasteiger charge is 2.14. The number of rotatable bonds is 5. The Balaban J connectivity index is 2.17. The summed E-state index contributed by atoms with van der Waals surface area (Å²) in [6.45, 7) is 2.13. The number of aliphatic carboxylic acids is 1. The highest BCUT2D eigenvalue weighted by molar-refractivity contribution is 5.91. The summed E-state index contributed by atoms with van der Waals surface area (Å²) in [6.07, 6.45) is 1.65. The molecule has 0 radical (unpaired) electrons. The normalized spacial score (nSPS) is 11.0. The number of aryl methyl sites for hydroxylation is 2. The molecule has 0 amide bonds. The molecule has 0 unspecified atom stereocenters. The molecule has 0 fully saturated rings. The van der Waals surface area contributed by atoms with Crippen LogP contribution >= 0.6 is 0 Å². The summed E-state index contributed by atoms with van der Waals surface area (Å²) in [5.41, 5.74) is 5.56. The molecule has 0 aliphatic rings. The molecule has 3 aromatic rings. The summed E-state index contributed by atoms with van der Waals surface area (Å²) < 4.78 is 0. The van der Waals surface area contributed by atoms with Crippen molar-refractivity contribution in [2.75, 3.05) is 0 Å². The molecule has 2 N–H and O–H groups in total. The lowest BCUT2D eigenvalue weighted by atomic mass is 10.00. The third kappa shape index (κ3) is 2.75. The lowest BCUT2D eigenvalue weighted by Crippen LogP contribution is -1.98. The number of benzene rings is 2. The van der Waals surface area contributed by atoms with Crippen molar-refractivity contribution in [3.63, 3.8) is 0 Å². The zero-order chi connectivity index (χ0) is 15.5. The van der Waals surface area contributed by atoms with Crippen LogP contribution in [0.3, 0.4) is 0 Å². The smallest absolute Gasteiger partial charge is 0.303 e. The average molecular weight is 293 g/mol. The molecule has 0 aliphatic heterocycles. The molecule has 2 aromatic carbocycles. The molecule has 0 saturated heterocycles. The highest BCUT2D eigenvalue weighted by Crippen LogP contribution is 2.32. The van der Waals surface area contributed by atoms with Gasteiger partial charge in [0.15, 0.2) is 0 Å². The molecule has 3 rings (SSSR count). The number of carboxylic acids is 1. The second-order valence-electron chi connectivity index (χ2n) is 5.47. The molecule has 112 valence electrons. The van der Waals surface area contributed by atoms with Gasteiger partial charge < -0.3 is 10.1 Å². The third-order valence-corrected chi connectivity index (χ3v) is 4.03. The van der Waals surface area contributed by atoms with Gasteiger partial charge in [-0.1, -0.05) is 43.3 Å². The van der Waals surface area contributed by atoms with Gasteiger partial charge in [0.2, 0.25) is 0 Å². The summed E-state index contributed by atoms with van der Waals surface area (Å²) in [5.74, 6) is -0.764. The van der Waals surface area contributed by atoms with Crippen LogP contribution in [0, 0.1) is 0 Å². The van der Waals surface area contributed by atoms with Crippen LogP contribution in [-0.4, -0.2) is 16.1 Å². The number of hydrogen-bond acceptors (Lipinski definition) is 1. The lowest BCUT2D eigenvalue weighted by Gasteiger charge is -2.04. The number of H-pyrrole nitrogens is 1. The minimum absolute atomic E-state index is 0.142. The van der Waals surface area contributed by atoms with Gasteiger partial charge in [0, 0.05) is 23.0 Å². The molecule has 0 bridgehead atoms. The first-order valence-electron chi connectivity index (χ1n) is 7.59. The maximum atomic E-state index is 11.0. The molecule has 22 heavy (non-hydrogen) atoms. The van der Waals surface area contributed by atoms with Crippen molar-refractivity contribution in [3.05, 3.63) is 59.7 Å². The van der Waals surface area contributed by atoms with Gasteiger partial charge in [-0.05, 0) is 41.7 Å². The van der Waals surface area contributed by atoms with Crippen molar-refractivity contribution in [2.45, 2.75) is 26.2 Å². The maximum absolute atomic E-state index is 11.0. The van der Waals surface area contributed by atoms with Crippen molar-refractivity contribution in [3.8, 4) is 11.3 Å². The average Bonchev–Trinajstić information content (AvgIpc) is 2.91. The van der Waals surface area contributed by atoms with Gasteiger partial charge in [0.25, 0.3) is 0 Å². The van der Waals surface area contributed by atoms with Crippen LogP contribution in [-0.2, 0) is 17.6 Å². The van der Waals surface area contributed by atoms with Crippen molar-refractivity contribution in [1.29, 1.82) is 0 Å². The van der Waals surface area contributed by atoms with Gasteiger partial charge in [-0.25, -0.2) is 0 Å². The second kappa shape index (κ2) is 6.06. The predicted octanol–water partition coefficient (Wildman–Crippen LogP) is 4.41. The number of nitrogens with one attached hydrogen (secondary N) is 1. The number of hydrogen-bond donors (Lipinski definition) is 2. The number of carbonyl (C=O) groups is 1. The van der Waals surface area contributed by atoms with Gasteiger partial charge in [-0.15, -0.1) is 0 Å². The SMILES string of the molecule is CCc1ccc2[nH]c(-c3ccccc3)c(CCC(=O)O)c2c1. The van der Waals surface area contributed by atoms with Crippen molar-refractivity contribution >= 4 is 16.9 Å². The van der Waals surface area contributed by atoms with E-state index < -0.39 is 5.97 Å². The number of aromatic amines is 1. The Hall–Kier alpha value is -2.55. The Labute approximate surface area is 129 Å². The van der Waals surface area contributed by atoms with E-state index in [-0.39, 0.29) is 6.42 Å². The van der Waals surface area contributed by atoms with Gasteiger partial charge >= 0.3 is 5.97 Å². The van der Waals surface area contributed by atoms with E-state index in [2.05, 4.69) is 42.2 Å². The zero-order valence-electron chi connectivity index (χ0n) is 12.6. The van der Waals surface area contributed by atoms with Crippen LogP contribution in [0.15, 0.2) is 48.5 Å². The van der Waals surface area contributed by atoms with Gasteiger partial charge in [0.1, 0.15) is 0 Å². The van der Waals surface area contributed by atoms with Gasteiger partial charge in [0.05, 0.1) is 0 Å². The van der Waals surface area contributed by atoms with E-state index in [4.69, 9.17) is 5.11 Å². The topological polar surface area (TPSA) is 53.1 Å². The first kappa shape index (κ1) is 14.4. The number of aromatic nitrogens is 1. The van der Waals surface area contributed by atoms with Crippen LogP contribution in [0.4, 0.5) is 0 Å². The molecular weight excluding hydrogens is 274 g/mol.